The molecule has 1 unspecified atom stereocenters. The number of hydrogen-bond donors (Lipinski definition) is 0. The van der Waals surface area contributed by atoms with E-state index in [1.165, 1.54) is 0 Å². The predicted octanol–water partition coefficient (Wildman–Crippen LogP) is 4.59. The Kier molecular flexibility index (Phi) is 4.13. The minimum atomic E-state index is -6.07. The van der Waals surface area contributed by atoms with Gasteiger partial charge >= 0.3 is 18.0 Å². The first-order valence-electron chi connectivity index (χ1n) is 4.68. The highest BCUT2D eigenvalue weighted by Gasteiger charge is 2.78. The molecule has 0 rings (SSSR count). The Morgan fingerprint density at radius 3 is 1.35 bits per heavy atom. The zero-order valence-electron chi connectivity index (χ0n) is 9.31. The molecular weight excluding hydrogens is 260 g/mol. The average Bonchev–Trinajstić information content (AvgIpc) is 1.97. The Morgan fingerprint density at radius 2 is 1.18 bits per heavy atom. The van der Waals surface area contributed by atoms with E-state index in [0.717, 1.165) is 13.8 Å². The van der Waals surface area contributed by atoms with E-state index in [2.05, 4.69) is 0 Å². The molecule has 0 nitrogen and oxygen atoms in total. The van der Waals surface area contributed by atoms with Crippen LogP contribution in [-0.2, 0) is 0 Å². The summed E-state index contributed by atoms with van der Waals surface area (Å²) >= 11 is 0. The van der Waals surface area contributed by atoms with E-state index < -0.39 is 43.0 Å². The second kappa shape index (κ2) is 4.28. The van der Waals surface area contributed by atoms with Crippen molar-refractivity contribution in [2.75, 3.05) is 0 Å². The van der Waals surface area contributed by atoms with Crippen LogP contribution < -0.4 is 0 Å². The largest absolute Gasteiger partial charge is 0.428 e. The van der Waals surface area contributed by atoms with Crippen LogP contribution in [0.5, 0.6) is 0 Å². The van der Waals surface area contributed by atoms with Crippen LogP contribution in [0.15, 0.2) is 0 Å². The SMILES string of the molecule is CC(C)CC(F)(C(F)(F)F)C(F)(F)C(C)(F)F. The van der Waals surface area contributed by atoms with Crippen molar-refractivity contribution in [1.82, 2.24) is 0 Å². The highest BCUT2D eigenvalue weighted by atomic mass is 19.4. The second-order valence-corrected chi connectivity index (χ2v) is 4.36. The van der Waals surface area contributed by atoms with Gasteiger partial charge in [-0.05, 0) is 12.3 Å². The minimum absolute atomic E-state index is 0.437. The molecule has 0 amide bonds. The maximum absolute atomic E-state index is 13.5. The lowest BCUT2D eigenvalue weighted by Gasteiger charge is -2.38. The molecule has 0 fully saturated rings. The molecule has 104 valence electrons. The van der Waals surface area contributed by atoms with Crippen molar-refractivity contribution in [2.45, 2.75) is 50.9 Å². The van der Waals surface area contributed by atoms with Gasteiger partial charge in [0.25, 0.3) is 5.67 Å². The summed E-state index contributed by atoms with van der Waals surface area (Å²) in [5, 5.41) is 0. The molecule has 0 bridgehead atoms. The normalized spacial score (nSPS) is 18.4. The zero-order valence-corrected chi connectivity index (χ0v) is 9.31. The fourth-order valence-corrected chi connectivity index (χ4v) is 1.33. The maximum Gasteiger partial charge on any atom is 0.428 e. The first kappa shape index (κ1) is 16.4. The summed E-state index contributed by atoms with van der Waals surface area (Å²) in [5.74, 6) is -12.1. The number of hydrogen-bond acceptors (Lipinski definition) is 0. The lowest BCUT2D eigenvalue weighted by Crippen LogP contribution is -2.62. The highest BCUT2D eigenvalue weighted by Crippen LogP contribution is 2.54. The maximum atomic E-state index is 13.5. The first-order valence-corrected chi connectivity index (χ1v) is 4.68. The third-order valence-corrected chi connectivity index (χ3v) is 2.19. The predicted molar refractivity (Wildman–Crippen MR) is 44.9 cm³/mol. The van der Waals surface area contributed by atoms with Gasteiger partial charge in [-0.1, -0.05) is 13.8 Å². The third-order valence-electron chi connectivity index (χ3n) is 2.19. The van der Waals surface area contributed by atoms with Gasteiger partial charge in [-0.25, -0.2) is 13.2 Å². The van der Waals surface area contributed by atoms with Gasteiger partial charge in [-0.3, -0.25) is 0 Å². The standard InChI is InChI=1S/C9H12F8/c1-5(2)4-7(12,9(15,16)17)8(13,14)6(3,10)11/h5H,4H2,1-3H3. The van der Waals surface area contributed by atoms with Crippen LogP contribution in [0.1, 0.15) is 27.2 Å². The van der Waals surface area contributed by atoms with E-state index >= 15 is 0 Å². The van der Waals surface area contributed by atoms with Gasteiger partial charge in [0.1, 0.15) is 0 Å². The Labute approximate surface area is 93.0 Å². The quantitative estimate of drug-likeness (QED) is 0.656. The van der Waals surface area contributed by atoms with Crippen LogP contribution in [-0.4, -0.2) is 23.7 Å². The van der Waals surface area contributed by atoms with E-state index in [4.69, 9.17) is 0 Å². The van der Waals surface area contributed by atoms with Crippen molar-refractivity contribution in [3.8, 4) is 0 Å². The van der Waals surface area contributed by atoms with E-state index in [1.807, 2.05) is 0 Å². The smallest absolute Gasteiger partial charge is 0.227 e. The number of halogens is 8. The van der Waals surface area contributed by atoms with Crippen molar-refractivity contribution in [3.05, 3.63) is 0 Å². The number of rotatable bonds is 4. The van der Waals surface area contributed by atoms with Gasteiger partial charge in [0.15, 0.2) is 0 Å². The Hall–Kier alpha value is -0.560. The van der Waals surface area contributed by atoms with Crippen molar-refractivity contribution in [3.63, 3.8) is 0 Å². The molecule has 8 heteroatoms. The van der Waals surface area contributed by atoms with Crippen LogP contribution >= 0.6 is 0 Å². The summed E-state index contributed by atoms with van der Waals surface area (Å²) in [4.78, 5) is 0. The molecule has 0 aliphatic heterocycles. The molecule has 0 spiro atoms. The van der Waals surface area contributed by atoms with Crippen molar-refractivity contribution in [2.24, 2.45) is 5.92 Å². The summed E-state index contributed by atoms with van der Waals surface area (Å²) in [6.07, 6.45) is -7.80. The van der Waals surface area contributed by atoms with Crippen LogP contribution in [0, 0.1) is 5.92 Å². The summed E-state index contributed by atoms with van der Waals surface area (Å²) in [6.45, 7) is 1.63. The van der Waals surface area contributed by atoms with E-state index in [-0.39, 0.29) is 0 Å². The lowest BCUT2D eigenvalue weighted by molar-refractivity contribution is -0.353. The molecule has 0 aromatic rings. The molecule has 1 atom stereocenters. The molecule has 0 heterocycles. The summed E-state index contributed by atoms with van der Waals surface area (Å²) in [5.41, 5.74) is -5.24. The van der Waals surface area contributed by atoms with Crippen LogP contribution in [0.25, 0.3) is 0 Å². The minimum Gasteiger partial charge on any atom is -0.227 e. The highest BCUT2D eigenvalue weighted by molar-refractivity contribution is 5.05. The van der Waals surface area contributed by atoms with Crippen LogP contribution in [0.4, 0.5) is 35.1 Å². The van der Waals surface area contributed by atoms with E-state index in [9.17, 15) is 35.1 Å². The van der Waals surface area contributed by atoms with Crippen LogP contribution in [0.3, 0.4) is 0 Å². The Morgan fingerprint density at radius 1 is 0.824 bits per heavy atom. The van der Waals surface area contributed by atoms with Gasteiger partial charge in [0, 0.05) is 6.92 Å². The summed E-state index contributed by atoms with van der Waals surface area (Å²) < 4.78 is 101. The molecule has 0 saturated carbocycles. The van der Waals surface area contributed by atoms with Gasteiger partial charge < -0.3 is 0 Å². The van der Waals surface area contributed by atoms with E-state index in [0.29, 0.717) is 0 Å². The molecular formula is C9H12F8. The van der Waals surface area contributed by atoms with Crippen molar-refractivity contribution < 1.29 is 35.1 Å². The van der Waals surface area contributed by atoms with Gasteiger partial charge in [0.05, 0.1) is 0 Å². The molecule has 0 aliphatic carbocycles. The zero-order chi connectivity index (χ0) is 14.3. The molecule has 0 N–H and O–H groups in total. The fourth-order valence-electron chi connectivity index (χ4n) is 1.33. The number of alkyl halides is 8. The second-order valence-electron chi connectivity index (χ2n) is 4.36. The molecule has 0 aromatic heterocycles. The molecule has 0 radical (unpaired) electrons. The van der Waals surface area contributed by atoms with Crippen molar-refractivity contribution >= 4 is 0 Å². The fraction of sp³-hybridized carbons (Fsp3) is 1.00. The Balaban J connectivity index is 5.65. The van der Waals surface area contributed by atoms with Gasteiger partial charge in [-0.2, -0.15) is 22.0 Å². The summed E-state index contributed by atoms with van der Waals surface area (Å²) in [7, 11) is 0. The van der Waals surface area contributed by atoms with Gasteiger partial charge in [-0.15, -0.1) is 0 Å². The molecule has 17 heavy (non-hydrogen) atoms. The molecule has 0 aromatic carbocycles. The summed E-state index contributed by atoms with van der Waals surface area (Å²) in [6, 6.07) is 0. The van der Waals surface area contributed by atoms with E-state index in [1.54, 1.807) is 0 Å². The molecule has 0 aliphatic rings. The first-order chi connectivity index (χ1) is 7.17. The average molecular weight is 272 g/mol. The monoisotopic (exact) mass is 272 g/mol. The van der Waals surface area contributed by atoms with Gasteiger partial charge in [0.2, 0.25) is 0 Å². The van der Waals surface area contributed by atoms with Crippen molar-refractivity contribution in [1.29, 1.82) is 0 Å². The molecule has 0 saturated heterocycles. The topological polar surface area (TPSA) is 0 Å². The third kappa shape index (κ3) is 2.82. The van der Waals surface area contributed by atoms with Crippen LogP contribution in [0.2, 0.25) is 0 Å². The lowest BCUT2D eigenvalue weighted by atomic mass is 9.84. The Bertz CT molecular complexity index is 261.